The first-order valence-corrected chi connectivity index (χ1v) is 13.0. The van der Waals surface area contributed by atoms with Gasteiger partial charge >= 0.3 is 0 Å². The van der Waals surface area contributed by atoms with E-state index in [1.54, 1.807) is 6.20 Å². The third-order valence-electron chi connectivity index (χ3n) is 8.17. The third-order valence-corrected chi connectivity index (χ3v) is 8.17. The molecule has 0 unspecified atom stereocenters. The molecule has 4 saturated carbocycles. The second-order valence-corrected chi connectivity index (χ2v) is 11.2. The molecular formula is C25H43Cl2N5O2. The number of rotatable bonds is 8. The van der Waals surface area contributed by atoms with Gasteiger partial charge in [-0.2, -0.15) is 5.10 Å². The van der Waals surface area contributed by atoms with Crippen LogP contribution >= 0.6 is 24.8 Å². The summed E-state index contributed by atoms with van der Waals surface area (Å²) >= 11 is 0. The number of nitrogens with zero attached hydrogens (tertiary/aromatic N) is 3. The zero-order chi connectivity index (χ0) is 22.1. The van der Waals surface area contributed by atoms with Crippen molar-refractivity contribution in [2.24, 2.45) is 29.6 Å². The molecular weight excluding hydrogens is 473 g/mol. The molecule has 1 aliphatic heterocycles. The number of hydrogen-bond donors (Lipinski definition) is 2. The number of carbonyl (C=O) groups is 1. The van der Waals surface area contributed by atoms with Crippen LogP contribution in [0.3, 0.4) is 0 Å². The van der Waals surface area contributed by atoms with Crippen LogP contribution in [0, 0.1) is 29.6 Å². The van der Waals surface area contributed by atoms with Crippen molar-refractivity contribution in [2.75, 3.05) is 39.3 Å². The minimum atomic E-state index is 0. The fourth-order valence-corrected chi connectivity index (χ4v) is 6.84. The molecule has 6 rings (SSSR count). The maximum Gasteiger partial charge on any atom is 0.258 e. The Morgan fingerprint density at radius 2 is 1.79 bits per heavy atom. The van der Waals surface area contributed by atoms with E-state index in [0.29, 0.717) is 41.8 Å². The Morgan fingerprint density at radius 1 is 1.09 bits per heavy atom. The van der Waals surface area contributed by atoms with Gasteiger partial charge in [0.05, 0.1) is 19.3 Å². The second kappa shape index (κ2) is 12.3. The van der Waals surface area contributed by atoms with Crippen LogP contribution in [0.4, 0.5) is 0 Å². The van der Waals surface area contributed by atoms with Crippen molar-refractivity contribution in [3.63, 3.8) is 0 Å². The van der Waals surface area contributed by atoms with E-state index in [1.165, 1.54) is 38.5 Å². The van der Waals surface area contributed by atoms with Crippen LogP contribution < -0.4 is 15.4 Å². The SMILES string of the molecule is CC(C)COc1c(C(=O)NC2C3CC4CC(C3)CC2C4)cnn1CCN1CCCNCC1.Cl.Cl. The van der Waals surface area contributed by atoms with E-state index >= 15 is 0 Å². The van der Waals surface area contributed by atoms with Gasteiger partial charge in [-0.05, 0) is 81.2 Å². The summed E-state index contributed by atoms with van der Waals surface area (Å²) in [5.41, 5.74) is 0.608. The lowest BCUT2D eigenvalue weighted by Gasteiger charge is -2.54. The van der Waals surface area contributed by atoms with Crippen molar-refractivity contribution in [3.8, 4) is 5.88 Å². The monoisotopic (exact) mass is 515 g/mol. The van der Waals surface area contributed by atoms with Crippen molar-refractivity contribution in [2.45, 2.75) is 65.0 Å². The van der Waals surface area contributed by atoms with Crippen LogP contribution in [0.1, 0.15) is 62.7 Å². The molecule has 4 aliphatic carbocycles. The van der Waals surface area contributed by atoms with Gasteiger partial charge in [-0.1, -0.05) is 13.8 Å². The molecule has 1 saturated heterocycles. The van der Waals surface area contributed by atoms with Crippen LogP contribution in [-0.2, 0) is 6.54 Å². The normalized spacial score (nSPS) is 30.4. The summed E-state index contributed by atoms with van der Waals surface area (Å²) < 4.78 is 8.08. The zero-order valence-electron chi connectivity index (χ0n) is 20.7. The van der Waals surface area contributed by atoms with Crippen LogP contribution in [-0.4, -0.2) is 66.0 Å². The Labute approximate surface area is 216 Å². The van der Waals surface area contributed by atoms with E-state index < -0.39 is 0 Å². The molecule has 34 heavy (non-hydrogen) atoms. The first-order chi connectivity index (χ1) is 15.6. The van der Waals surface area contributed by atoms with Crippen molar-refractivity contribution in [3.05, 3.63) is 11.8 Å². The maximum absolute atomic E-state index is 13.4. The molecule has 5 fully saturated rings. The fraction of sp³-hybridized carbons (Fsp3) is 0.840. The number of ether oxygens (including phenoxy) is 1. The summed E-state index contributed by atoms with van der Waals surface area (Å²) in [4.78, 5) is 15.9. The molecule has 194 valence electrons. The first kappa shape index (κ1) is 27.6. The standard InChI is InChI=1S/C25H41N5O2.2ClH/c1-17(2)16-32-25-22(15-27-30(25)9-8-29-6-3-4-26-5-7-29)24(31)28-23-20-11-18-10-19(13-20)14-21(23)12-18;;/h15,17-21,23,26H,3-14,16H2,1-2H3,(H,28,31);2*1H. The number of amides is 1. The largest absolute Gasteiger partial charge is 0.477 e. The number of hydrogen-bond acceptors (Lipinski definition) is 5. The summed E-state index contributed by atoms with van der Waals surface area (Å²) in [6.07, 6.45) is 9.55. The predicted octanol–water partition coefficient (Wildman–Crippen LogP) is 3.61. The van der Waals surface area contributed by atoms with Gasteiger partial charge in [0, 0.05) is 25.7 Å². The lowest BCUT2D eigenvalue weighted by Crippen LogP contribution is -2.55. The molecule has 1 amide bonds. The van der Waals surface area contributed by atoms with Crippen LogP contribution in [0.5, 0.6) is 5.88 Å². The van der Waals surface area contributed by atoms with Gasteiger partial charge in [0.1, 0.15) is 5.56 Å². The van der Waals surface area contributed by atoms with E-state index in [-0.39, 0.29) is 30.7 Å². The van der Waals surface area contributed by atoms with Gasteiger partial charge in [0.15, 0.2) is 0 Å². The highest BCUT2D eigenvalue weighted by Crippen LogP contribution is 2.53. The van der Waals surface area contributed by atoms with Crippen LogP contribution in [0.15, 0.2) is 6.20 Å². The lowest BCUT2D eigenvalue weighted by atomic mass is 9.54. The quantitative estimate of drug-likeness (QED) is 0.553. The average molecular weight is 517 g/mol. The van der Waals surface area contributed by atoms with Gasteiger partial charge in [-0.3, -0.25) is 4.79 Å². The molecule has 2 heterocycles. The van der Waals surface area contributed by atoms with Crippen molar-refractivity contribution < 1.29 is 9.53 Å². The van der Waals surface area contributed by atoms with Gasteiger partial charge in [0.2, 0.25) is 5.88 Å². The minimum Gasteiger partial charge on any atom is -0.477 e. The molecule has 0 atom stereocenters. The molecule has 4 bridgehead atoms. The van der Waals surface area contributed by atoms with E-state index in [9.17, 15) is 4.79 Å². The topological polar surface area (TPSA) is 71.4 Å². The Bertz CT molecular complexity index is 766. The van der Waals surface area contributed by atoms with Crippen LogP contribution in [0.25, 0.3) is 0 Å². The molecule has 0 radical (unpaired) electrons. The van der Waals surface area contributed by atoms with Gasteiger partial charge in [-0.25, -0.2) is 4.68 Å². The summed E-state index contributed by atoms with van der Waals surface area (Å²) in [7, 11) is 0. The number of carbonyl (C=O) groups excluding carboxylic acids is 1. The van der Waals surface area contributed by atoms with Crippen LogP contribution in [0.2, 0.25) is 0 Å². The van der Waals surface area contributed by atoms with E-state index in [1.807, 2.05) is 4.68 Å². The Kier molecular flexibility index (Phi) is 9.96. The summed E-state index contributed by atoms with van der Waals surface area (Å²) in [6, 6.07) is 0.334. The van der Waals surface area contributed by atoms with E-state index in [0.717, 1.165) is 51.1 Å². The molecule has 1 aromatic heterocycles. The smallest absolute Gasteiger partial charge is 0.258 e. The molecule has 9 heteroatoms. The lowest BCUT2D eigenvalue weighted by molar-refractivity contribution is -0.0120. The second-order valence-electron chi connectivity index (χ2n) is 11.2. The zero-order valence-corrected chi connectivity index (χ0v) is 22.3. The van der Waals surface area contributed by atoms with Gasteiger partial charge in [0.25, 0.3) is 5.91 Å². The molecule has 0 spiro atoms. The van der Waals surface area contributed by atoms with Crippen molar-refractivity contribution in [1.29, 1.82) is 0 Å². The van der Waals surface area contributed by atoms with Gasteiger partial charge < -0.3 is 20.3 Å². The first-order valence-electron chi connectivity index (χ1n) is 13.0. The fourth-order valence-electron chi connectivity index (χ4n) is 6.84. The Morgan fingerprint density at radius 3 is 2.47 bits per heavy atom. The Balaban J connectivity index is 0.00000162. The van der Waals surface area contributed by atoms with E-state index in [2.05, 4.69) is 34.5 Å². The summed E-state index contributed by atoms with van der Waals surface area (Å²) in [5.74, 6) is 4.21. The van der Waals surface area contributed by atoms with Crippen molar-refractivity contribution >= 4 is 30.7 Å². The maximum atomic E-state index is 13.4. The Hall–Kier alpha value is -1.02. The summed E-state index contributed by atoms with van der Waals surface area (Å²) in [6.45, 7) is 10.8. The summed E-state index contributed by atoms with van der Waals surface area (Å²) in [5, 5.41) is 11.5. The van der Waals surface area contributed by atoms with Crippen molar-refractivity contribution in [1.82, 2.24) is 25.3 Å². The minimum absolute atomic E-state index is 0. The highest BCUT2D eigenvalue weighted by atomic mass is 35.5. The molecule has 5 aliphatic rings. The van der Waals surface area contributed by atoms with E-state index in [4.69, 9.17) is 4.74 Å². The molecule has 7 nitrogen and oxygen atoms in total. The molecule has 0 aromatic carbocycles. The number of aromatic nitrogens is 2. The van der Waals surface area contributed by atoms with Gasteiger partial charge in [-0.15, -0.1) is 24.8 Å². The highest BCUT2D eigenvalue weighted by Gasteiger charge is 2.48. The third kappa shape index (κ3) is 6.21. The molecule has 2 N–H and O–H groups in total. The average Bonchev–Trinajstić information content (AvgIpc) is 2.98. The number of halogens is 2. The predicted molar refractivity (Wildman–Crippen MR) is 139 cm³/mol. The highest BCUT2D eigenvalue weighted by molar-refractivity contribution is 5.96. The molecule has 1 aromatic rings. The number of nitrogens with one attached hydrogen (secondary N) is 2.